The number of likely N-dealkylation sites (tertiary alicyclic amines) is 1. The van der Waals surface area contributed by atoms with Crippen LogP contribution in [0.25, 0.3) is 0 Å². The van der Waals surface area contributed by atoms with Gasteiger partial charge in [0.1, 0.15) is 0 Å². The molecule has 0 aliphatic carbocycles. The predicted molar refractivity (Wildman–Crippen MR) is 234 cm³/mol. The van der Waals surface area contributed by atoms with Crippen molar-refractivity contribution in [2.45, 2.75) is 240 Å². The van der Waals surface area contributed by atoms with Crippen LogP contribution < -0.4 is 0 Å². The van der Waals surface area contributed by atoms with E-state index in [0.717, 1.165) is 110 Å². The van der Waals surface area contributed by atoms with Crippen molar-refractivity contribution >= 4 is 11.9 Å². The summed E-state index contributed by atoms with van der Waals surface area (Å²) in [5.41, 5.74) is 0. The molecule has 1 N–H and O–H groups in total. The fraction of sp³-hybridized carbons (Fsp3) is 0.959. The van der Waals surface area contributed by atoms with Crippen LogP contribution in [0.1, 0.15) is 240 Å². The summed E-state index contributed by atoms with van der Waals surface area (Å²) in [5, 5.41) is 9.38. The highest BCUT2D eigenvalue weighted by Gasteiger charge is 2.27. The number of hydrogen-bond acceptors (Lipinski definition) is 6. The lowest BCUT2D eigenvalue weighted by atomic mass is 9.83. The quantitative estimate of drug-likeness (QED) is 0.0493. The summed E-state index contributed by atoms with van der Waals surface area (Å²) in [6.45, 7) is 13.8. The van der Waals surface area contributed by atoms with Gasteiger partial charge in [-0.25, -0.2) is 0 Å². The first-order valence-electron chi connectivity index (χ1n) is 24.6. The Balaban J connectivity index is 2.50. The average Bonchev–Trinajstić information content (AvgIpc) is 3.18. The van der Waals surface area contributed by atoms with E-state index >= 15 is 0 Å². The maximum Gasteiger partial charge on any atom is 0.308 e. The Morgan fingerprint density at radius 2 is 0.855 bits per heavy atom. The minimum absolute atomic E-state index is 0.0591. The Morgan fingerprint density at radius 1 is 0.491 bits per heavy atom. The Kier molecular flexibility index (Phi) is 36.2. The van der Waals surface area contributed by atoms with Crippen molar-refractivity contribution in [2.75, 3.05) is 39.5 Å². The van der Waals surface area contributed by atoms with Crippen LogP contribution in [0.3, 0.4) is 0 Å². The molecule has 55 heavy (non-hydrogen) atoms. The molecule has 1 aliphatic rings. The van der Waals surface area contributed by atoms with Crippen LogP contribution in [0.15, 0.2) is 0 Å². The monoisotopic (exact) mass is 778 g/mol. The molecule has 0 spiro atoms. The lowest BCUT2D eigenvalue weighted by Gasteiger charge is -2.38. The molecule has 326 valence electrons. The van der Waals surface area contributed by atoms with E-state index in [-0.39, 0.29) is 30.4 Å². The molecule has 1 heterocycles. The van der Waals surface area contributed by atoms with Gasteiger partial charge in [0.15, 0.2) is 0 Å². The van der Waals surface area contributed by atoms with E-state index in [1.54, 1.807) is 0 Å². The molecule has 0 aromatic carbocycles. The molecular formula is C49H95NO5. The van der Waals surface area contributed by atoms with Crippen LogP contribution in [0.4, 0.5) is 0 Å². The van der Waals surface area contributed by atoms with Crippen molar-refractivity contribution in [2.24, 2.45) is 23.7 Å². The molecule has 0 saturated carbocycles. The van der Waals surface area contributed by atoms with Crippen molar-refractivity contribution < 1.29 is 24.2 Å². The van der Waals surface area contributed by atoms with E-state index in [0.29, 0.717) is 25.0 Å². The van der Waals surface area contributed by atoms with Crippen molar-refractivity contribution in [1.29, 1.82) is 0 Å². The van der Waals surface area contributed by atoms with Gasteiger partial charge in [0.25, 0.3) is 0 Å². The summed E-state index contributed by atoms with van der Waals surface area (Å²) in [7, 11) is 0. The lowest BCUT2D eigenvalue weighted by molar-refractivity contribution is -0.150. The SMILES string of the molecule is CCCCCCCCC(CCCCCC)C(=O)OCCCCC1CC(CCCCOC(=O)C(CCCCCC)CCCCCCCC)CN(CCCCO)C1. The van der Waals surface area contributed by atoms with E-state index in [4.69, 9.17) is 9.47 Å². The Hall–Kier alpha value is -1.14. The first-order valence-corrected chi connectivity index (χ1v) is 24.6. The molecule has 0 aromatic rings. The van der Waals surface area contributed by atoms with E-state index in [1.165, 1.54) is 122 Å². The number of hydrogen-bond donors (Lipinski definition) is 1. The van der Waals surface area contributed by atoms with E-state index < -0.39 is 0 Å². The number of aliphatic hydroxyl groups is 1. The molecule has 1 fully saturated rings. The van der Waals surface area contributed by atoms with Crippen LogP contribution in [0.5, 0.6) is 0 Å². The van der Waals surface area contributed by atoms with Gasteiger partial charge in [-0.2, -0.15) is 0 Å². The fourth-order valence-electron chi connectivity index (χ4n) is 8.86. The topological polar surface area (TPSA) is 76.1 Å². The number of carbonyl (C=O) groups excluding carboxylic acids is 2. The average molecular weight is 778 g/mol. The molecule has 0 radical (unpaired) electrons. The first kappa shape index (κ1) is 51.9. The normalized spacial score (nSPS) is 17.3. The number of carbonyl (C=O) groups is 2. The summed E-state index contributed by atoms with van der Waals surface area (Å²) < 4.78 is 11.8. The van der Waals surface area contributed by atoms with Crippen molar-refractivity contribution in [1.82, 2.24) is 4.90 Å². The van der Waals surface area contributed by atoms with Gasteiger partial charge in [0.05, 0.1) is 25.0 Å². The predicted octanol–water partition coefficient (Wildman–Crippen LogP) is 13.8. The molecule has 4 atom stereocenters. The third kappa shape index (κ3) is 29.7. The Morgan fingerprint density at radius 3 is 1.24 bits per heavy atom. The molecule has 6 heteroatoms. The minimum atomic E-state index is 0.0591. The number of unbranched alkanes of at least 4 members (excludes halogenated alkanes) is 19. The number of ether oxygens (including phenoxy) is 2. The second kappa shape index (κ2) is 38.4. The fourth-order valence-corrected chi connectivity index (χ4v) is 8.86. The summed E-state index contributed by atoms with van der Waals surface area (Å²) in [6, 6.07) is 0. The zero-order valence-electron chi connectivity index (χ0n) is 37.4. The van der Waals surface area contributed by atoms with Crippen molar-refractivity contribution in [3.05, 3.63) is 0 Å². The molecule has 0 bridgehead atoms. The van der Waals surface area contributed by atoms with Gasteiger partial charge >= 0.3 is 11.9 Å². The van der Waals surface area contributed by atoms with Gasteiger partial charge in [-0.15, -0.1) is 0 Å². The summed E-state index contributed by atoms with van der Waals surface area (Å²) in [6.07, 6.45) is 38.6. The summed E-state index contributed by atoms with van der Waals surface area (Å²) >= 11 is 0. The van der Waals surface area contributed by atoms with Crippen LogP contribution in [-0.4, -0.2) is 61.4 Å². The van der Waals surface area contributed by atoms with E-state index in [1.807, 2.05) is 0 Å². The highest BCUT2D eigenvalue weighted by molar-refractivity contribution is 5.72. The third-order valence-electron chi connectivity index (χ3n) is 12.4. The van der Waals surface area contributed by atoms with Gasteiger partial charge in [-0.3, -0.25) is 9.59 Å². The van der Waals surface area contributed by atoms with Crippen LogP contribution in [-0.2, 0) is 19.1 Å². The molecule has 1 aliphatic heterocycles. The number of esters is 2. The standard InChI is InChI=1S/C49H95NO5/c1-5-9-13-17-19-23-35-46(33-21-15-11-7-3)48(52)54-39-29-25-31-44-41-45(43-50(42-44)37-27-28-38-51)32-26-30-40-55-49(53)47(34-22-16-12-8-4)36-24-20-18-14-10-6-2/h44-47,51H,5-43H2,1-4H3. The third-order valence-corrected chi connectivity index (χ3v) is 12.4. The second-order valence-corrected chi connectivity index (χ2v) is 17.7. The molecule has 1 rings (SSSR count). The maximum absolute atomic E-state index is 13.1. The zero-order valence-corrected chi connectivity index (χ0v) is 37.4. The lowest BCUT2D eigenvalue weighted by Crippen LogP contribution is -2.41. The highest BCUT2D eigenvalue weighted by Crippen LogP contribution is 2.30. The molecule has 6 nitrogen and oxygen atoms in total. The smallest absolute Gasteiger partial charge is 0.308 e. The Bertz CT molecular complexity index is 789. The number of nitrogens with zero attached hydrogens (tertiary/aromatic N) is 1. The zero-order chi connectivity index (χ0) is 40.0. The molecule has 0 aromatic heterocycles. The van der Waals surface area contributed by atoms with Crippen LogP contribution in [0.2, 0.25) is 0 Å². The highest BCUT2D eigenvalue weighted by atomic mass is 16.5. The molecule has 1 saturated heterocycles. The van der Waals surface area contributed by atoms with Gasteiger partial charge in [-0.05, 0) is 102 Å². The Labute approximate surface area is 342 Å². The van der Waals surface area contributed by atoms with Gasteiger partial charge in [0, 0.05) is 19.7 Å². The first-order chi connectivity index (χ1) is 27.0. The van der Waals surface area contributed by atoms with E-state index in [9.17, 15) is 14.7 Å². The molecule has 4 unspecified atom stereocenters. The van der Waals surface area contributed by atoms with Crippen molar-refractivity contribution in [3.63, 3.8) is 0 Å². The van der Waals surface area contributed by atoms with Gasteiger partial charge in [0.2, 0.25) is 0 Å². The maximum atomic E-state index is 13.1. The van der Waals surface area contributed by atoms with Crippen LogP contribution >= 0.6 is 0 Å². The number of piperidine rings is 1. The second-order valence-electron chi connectivity index (χ2n) is 17.7. The van der Waals surface area contributed by atoms with Gasteiger partial charge in [-0.1, -0.05) is 156 Å². The molecule has 0 amide bonds. The summed E-state index contributed by atoms with van der Waals surface area (Å²) in [5.74, 6) is 1.64. The van der Waals surface area contributed by atoms with E-state index in [2.05, 4.69) is 32.6 Å². The molecular weight excluding hydrogens is 683 g/mol. The largest absolute Gasteiger partial charge is 0.465 e. The van der Waals surface area contributed by atoms with Crippen LogP contribution in [0, 0.1) is 23.7 Å². The van der Waals surface area contributed by atoms with Gasteiger partial charge < -0.3 is 19.5 Å². The summed E-state index contributed by atoms with van der Waals surface area (Å²) in [4.78, 5) is 28.9. The minimum Gasteiger partial charge on any atom is -0.465 e. The number of rotatable bonds is 40. The van der Waals surface area contributed by atoms with Crippen molar-refractivity contribution in [3.8, 4) is 0 Å². The number of aliphatic hydroxyl groups excluding tert-OH is 1.